The summed E-state index contributed by atoms with van der Waals surface area (Å²) in [6.07, 6.45) is 1.65. The van der Waals surface area contributed by atoms with Gasteiger partial charge in [-0.3, -0.25) is 4.79 Å². The van der Waals surface area contributed by atoms with E-state index in [1.54, 1.807) is 24.3 Å². The number of nitrogens with one attached hydrogen (secondary N) is 1. The highest BCUT2D eigenvalue weighted by molar-refractivity contribution is 7.90. The number of halogens is 1. The van der Waals surface area contributed by atoms with Crippen molar-refractivity contribution < 1.29 is 35.5 Å². The third-order valence-corrected chi connectivity index (χ3v) is 12.2. The monoisotopic (exact) mass is 692 g/mol. The van der Waals surface area contributed by atoms with Crippen LogP contribution in [-0.4, -0.2) is 45.8 Å². The lowest BCUT2D eigenvalue weighted by Gasteiger charge is -2.49. The summed E-state index contributed by atoms with van der Waals surface area (Å²) < 4.78 is 82.3. The van der Waals surface area contributed by atoms with E-state index in [-0.39, 0.29) is 39.7 Å². The number of nitrogens with zero attached hydrogens (tertiary/aromatic N) is 1. The van der Waals surface area contributed by atoms with Crippen molar-refractivity contribution in [2.75, 3.05) is 7.05 Å². The second-order valence-corrected chi connectivity index (χ2v) is 16.5. The van der Waals surface area contributed by atoms with Crippen LogP contribution in [-0.2, 0) is 37.7 Å². The molecule has 9 nitrogen and oxygen atoms in total. The van der Waals surface area contributed by atoms with Gasteiger partial charge in [0.05, 0.1) is 22.0 Å². The lowest BCUT2D eigenvalue weighted by atomic mass is 9.74. The van der Waals surface area contributed by atoms with E-state index in [2.05, 4.69) is 4.72 Å². The summed E-state index contributed by atoms with van der Waals surface area (Å²) in [7, 11) is -6.80. The van der Waals surface area contributed by atoms with Gasteiger partial charge in [-0.2, -0.15) is 4.31 Å². The minimum atomic E-state index is -4.35. The quantitative estimate of drug-likeness (QED) is 0.228. The Labute approximate surface area is 280 Å². The zero-order valence-corrected chi connectivity index (χ0v) is 28.4. The van der Waals surface area contributed by atoms with E-state index in [4.69, 9.17) is 9.47 Å². The number of sulfonamides is 2. The third kappa shape index (κ3) is 7.02. The Balaban J connectivity index is 1.18. The zero-order chi connectivity index (χ0) is 34.3. The standard InChI is InChI=1S/C36H37FN2O7S2/c1-36(2)32-19-14-28(21-24-9-12-27(37)13-10-24)45-34(32)31-22-26(11-20-33(31)46-36)35(40)38-47(41,42)29-15-17-30(18-16-29)48(43,44)39(3)23-25-7-5-4-6-8-25/h4-13,15-18,20,22,28,32,34H,14,19,21,23H2,1-3H3,(H,38,40)/t28-,32+,34-/m0/s1. The molecule has 12 heteroatoms. The Morgan fingerprint density at radius 3 is 2.23 bits per heavy atom. The summed E-state index contributed by atoms with van der Waals surface area (Å²) in [5.74, 6) is -0.615. The fraction of sp³-hybridized carbons (Fsp3) is 0.306. The van der Waals surface area contributed by atoms with Gasteiger partial charge in [-0.25, -0.2) is 25.9 Å². The molecule has 4 aromatic carbocycles. The van der Waals surface area contributed by atoms with E-state index >= 15 is 0 Å². The van der Waals surface area contributed by atoms with Crippen LogP contribution in [0.2, 0.25) is 0 Å². The molecule has 0 aliphatic carbocycles. The number of carbonyl (C=O) groups excluding carboxylic acids is 1. The zero-order valence-electron chi connectivity index (χ0n) is 26.8. The van der Waals surface area contributed by atoms with Crippen LogP contribution in [0.3, 0.4) is 0 Å². The maximum Gasteiger partial charge on any atom is 0.265 e. The van der Waals surface area contributed by atoms with Crippen molar-refractivity contribution in [1.29, 1.82) is 0 Å². The van der Waals surface area contributed by atoms with Crippen LogP contribution in [0.4, 0.5) is 4.39 Å². The first-order valence-corrected chi connectivity index (χ1v) is 18.6. The van der Waals surface area contributed by atoms with Crippen molar-refractivity contribution >= 4 is 26.0 Å². The van der Waals surface area contributed by atoms with Gasteiger partial charge < -0.3 is 9.47 Å². The Morgan fingerprint density at radius 1 is 0.875 bits per heavy atom. The van der Waals surface area contributed by atoms with E-state index in [0.717, 1.165) is 36.1 Å². The van der Waals surface area contributed by atoms with Crippen LogP contribution in [0.15, 0.2) is 107 Å². The van der Waals surface area contributed by atoms with Crippen LogP contribution in [0.25, 0.3) is 0 Å². The second kappa shape index (κ2) is 13.1. The van der Waals surface area contributed by atoms with Crippen LogP contribution in [0.1, 0.15) is 59.8 Å². The molecule has 4 aromatic rings. The molecule has 1 N–H and O–H groups in total. The van der Waals surface area contributed by atoms with Gasteiger partial charge in [0.1, 0.15) is 17.2 Å². The minimum Gasteiger partial charge on any atom is -0.487 e. The van der Waals surface area contributed by atoms with E-state index in [1.165, 1.54) is 41.7 Å². The number of fused-ring (bicyclic) bond motifs is 3. The third-order valence-electron chi connectivity index (χ3n) is 9.04. The molecule has 0 spiro atoms. The number of hydrogen-bond acceptors (Lipinski definition) is 7. The lowest BCUT2D eigenvalue weighted by molar-refractivity contribution is -0.149. The van der Waals surface area contributed by atoms with Gasteiger partial charge in [0.15, 0.2) is 0 Å². The predicted molar refractivity (Wildman–Crippen MR) is 178 cm³/mol. The molecule has 0 aromatic heterocycles. The average Bonchev–Trinajstić information content (AvgIpc) is 3.05. The topological polar surface area (TPSA) is 119 Å². The molecule has 1 fully saturated rings. The minimum absolute atomic E-state index is 0.0157. The highest BCUT2D eigenvalue weighted by atomic mass is 32.2. The van der Waals surface area contributed by atoms with Crippen molar-refractivity contribution in [1.82, 2.24) is 9.03 Å². The fourth-order valence-electron chi connectivity index (χ4n) is 6.42. The lowest BCUT2D eigenvalue weighted by Crippen LogP contribution is -2.48. The molecule has 1 amide bonds. The molecule has 3 atom stereocenters. The Bertz CT molecular complexity index is 2020. The van der Waals surface area contributed by atoms with Gasteiger partial charge in [-0.05, 0) is 98.8 Å². The van der Waals surface area contributed by atoms with Crippen LogP contribution < -0.4 is 9.46 Å². The summed E-state index contributed by atoms with van der Waals surface area (Å²) in [5.41, 5.74) is 1.97. The number of carbonyl (C=O) groups is 1. The molecule has 0 radical (unpaired) electrons. The largest absolute Gasteiger partial charge is 0.487 e. The first kappa shape index (κ1) is 33.8. The first-order chi connectivity index (χ1) is 22.7. The number of amides is 1. The summed E-state index contributed by atoms with van der Waals surface area (Å²) in [6, 6.07) is 24.9. The maximum absolute atomic E-state index is 13.4. The summed E-state index contributed by atoms with van der Waals surface area (Å²) >= 11 is 0. The van der Waals surface area contributed by atoms with Crippen molar-refractivity contribution in [2.24, 2.45) is 5.92 Å². The maximum atomic E-state index is 13.4. The second-order valence-electron chi connectivity index (χ2n) is 12.8. The molecule has 1 saturated heterocycles. The number of ether oxygens (including phenoxy) is 2. The van der Waals surface area contributed by atoms with Crippen molar-refractivity contribution in [2.45, 2.75) is 67.3 Å². The molecule has 0 bridgehead atoms. The fourth-order valence-corrected chi connectivity index (χ4v) is 8.56. The van der Waals surface area contributed by atoms with Crippen molar-refractivity contribution in [3.05, 3.63) is 125 Å². The molecule has 2 aliphatic heterocycles. The first-order valence-electron chi connectivity index (χ1n) is 15.6. The van der Waals surface area contributed by atoms with Crippen LogP contribution in [0.5, 0.6) is 5.75 Å². The van der Waals surface area contributed by atoms with Crippen LogP contribution >= 0.6 is 0 Å². The average molecular weight is 693 g/mol. The number of benzene rings is 4. The predicted octanol–water partition coefficient (Wildman–Crippen LogP) is 6.02. The molecule has 0 unspecified atom stereocenters. The van der Waals surface area contributed by atoms with E-state index in [0.29, 0.717) is 17.7 Å². The Morgan fingerprint density at radius 2 is 1.54 bits per heavy atom. The van der Waals surface area contributed by atoms with Gasteiger partial charge in [0.25, 0.3) is 15.9 Å². The summed E-state index contributed by atoms with van der Waals surface area (Å²) in [6.45, 7) is 4.15. The van der Waals surface area contributed by atoms with Crippen molar-refractivity contribution in [3.8, 4) is 5.75 Å². The van der Waals surface area contributed by atoms with Crippen LogP contribution in [0, 0.1) is 11.7 Å². The molecular weight excluding hydrogens is 656 g/mol. The van der Waals surface area contributed by atoms with E-state index in [9.17, 15) is 26.0 Å². The van der Waals surface area contributed by atoms with Gasteiger partial charge in [0.2, 0.25) is 10.0 Å². The molecule has 0 saturated carbocycles. The molecule has 252 valence electrons. The van der Waals surface area contributed by atoms with Gasteiger partial charge in [-0.1, -0.05) is 42.5 Å². The molecule has 2 heterocycles. The Hall–Kier alpha value is -4.10. The number of hydrogen-bond donors (Lipinski definition) is 1. The molecule has 6 rings (SSSR count). The Kier molecular flexibility index (Phi) is 9.20. The van der Waals surface area contributed by atoms with E-state index < -0.39 is 37.7 Å². The van der Waals surface area contributed by atoms with Crippen molar-refractivity contribution in [3.63, 3.8) is 0 Å². The SMILES string of the molecule is CN(Cc1ccccc1)S(=O)(=O)c1ccc(S(=O)(=O)NC(=O)c2ccc3c(c2)[C@@H]2O[C@H](Cc4ccc(F)cc4)CC[C@H]2C(C)(C)O3)cc1. The normalized spacial score (nSPS) is 20.3. The highest BCUT2D eigenvalue weighted by Crippen LogP contribution is 2.51. The molecule has 48 heavy (non-hydrogen) atoms. The van der Waals surface area contributed by atoms with Gasteiger partial charge in [-0.15, -0.1) is 0 Å². The summed E-state index contributed by atoms with van der Waals surface area (Å²) in [4.78, 5) is 13.0. The van der Waals surface area contributed by atoms with Gasteiger partial charge in [0, 0.05) is 30.6 Å². The molecular formula is C36H37FN2O7S2. The summed E-state index contributed by atoms with van der Waals surface area (Å²) in [5, 5.41) is 0. The number of rotatable bonds is 9. The van der Waals surface area contributed by atoms with Gasteiger partial charge >= 0.3 is 0 Å². The highest BCUT2D eigenvalue weighted by Gasteiger charge is 2.47. The smallest absolute Gasteiger partial charge is 0.265 e. The van der Waals surface area contributed by atoms with E-state index in [1.807, 2.05) is 44.2 Å². The molecule has 2 aliphatic rings.